The Labute approximate surface area is 95.1 Å². The van der Waals surface area contributed by atoms with Gasteiger partial charge in [-0.05, 0) is 17.7 Å². The summed E-state index contributed by atoms with van der Waals surface area (Å²) in [6.45, 7) is 0. The third-order valence-electron chi connectivity index (χ3n) is 1.69. The van der Waals surface area contributed by atoms with Crippen molar-refractivity contribution in [3.05, 3.63) is 35.9 Å². The first-order chi connectivity index (χ1) is 7.87. The van der Waals surface area contributed by atoms with Crippen LogP contribution in [0.15, 0.2) is 30.3 Å². The molecular weight excluding hydrogens is 237 g/mol. The van der Waals surface area contributed by atoms with Gasteiger partial charge < -0.3 is 9.84 Å². The van der Waals surface area contributed by atoms with E-state index in [1.807, 2.05) is 0 Å². The molecule has 0 aliphatic rings. The van der Waals surface area contributed by atoms with Gasteiger partial charge in [0, 0.05) is 0 Å². The molecule has 17 heavy (non-hydrogen) atoms. The lowest BCUT2D eigenvalue weighted by Crippen LogP contribution is -2.17. The van der Waals surface area contributed by atoms with Gasteiger partial charge in [0.2, 0.25) is 0 Å². The van der Waals surface area contributed by atoms with E-state index < -0.39 is 12.3 Å². The number of carboxylic acids is 1. The molecule has 0 spiro atoms. The van der Waals surface area contributed by atoms with Gasteiger partial charge in [-0.1, -0.05) is 24.3 Å². The Hall–Kier alpha value is -1.98. The Balaban J connectivity index is 2.72. The van der Waals surface area contributed by atoms with Crippen molar-refractivity contribution in [2.24, 2.45) is 0 Å². The van der Waals surface area contributed by atoms with Gasteiger partial charge in [0.15, 0.2) is 0 Å². The molecule has 0 heterocycles. The molecule has 0 unspecified atom stereocenters. The molecule has 6 heteroatoms. The topological polar surface area (TPSA) is 46.5 Å². The van der Waals surface area contributed by atoms with E-state index in [9.17, 15) is 18.0 Å². The van der Waals surface area contributed by atoms with Gasteiger partial charge in [0.05, 0.1) is 6.42 Å². The predicted molar refractivity (Wildman–Crippen MR) is 54.4 cm³/mol. The fraction of sp³-hybridized carbons (Fsp3) is 0.182. The molecule has 0 amide bonds. The largest absolute Gasteiger partial charge is 0.573 e. The number of halogens is 3. The van der Waals surface area contributed by atoms with E-state index in [-0.39, 0.29) is 12.2 Å². The third-order valence-corrected chi connectivity index (χ3v) is 1.69. The molecule has 0 radical (unpaired) electrons. The summed E-state index contributed by atoms with van der Waals surface area (Å²) < 4.78 is 39.5. The van der Waals surface area contributed by atoms with Crippen molar-refractivity contribution in [2.45, 2.75) is 12.8 Å². The van der Waals surface area contributed by atoms with Crippen molar-refractivity contribution < 1.29 is 27.8 Å². The SMILES string of the molecule is O=C(O)CC=Cc1cccc(OC(F)(F)F)c1. The number of carboxylic acid groups (broad SMARTS) is 1. The van der Waals surface area contributed by atoms with E-state index in [4.69, 9.17) is 5.11 Å². The highest BCUT2D eigenvalue weighted by atomic mass is 19.4. The second-order valence-electron chi connectivity index (χ2n) is 3.12. The van der Waals surface area contributed by atoms with Crippen LogP contribution >= 0.6 is 0 Å². The quantitative estimate of drug-likeness (QED) is 0.888. The Bertz CT molecular complexity index is 424. The van der Waals surface area contributed by atoms with E-state index >= 15 is 0 Å². The van der Waals surface area contributed by atoms with Crippen LogP contribution in [0.5, 0.6) is 5.75 Å². The minimum Gasteiger partial charge on any atom is -0.481 e. The van der Waals surface area contributed by atoms with Gasteiger partial charge in [0.25, 0.3) is 0 Å². The van der Waals surface area contributed by atoms with Crippen LogP contribution in [0.3, 0.4) is 0 Å². The molecule has 0 aliphatic carbocycles. The minimum absolute atomic E-state index is 0.190. The van der Waals surface area contributed by atoms with Crippen LogP contribution in [0, 0.1) is 0 Å². The average Bonchev–Trinajstić information content (AvgIpc) is 2.14. The number of carbonyl (C=O) groups is 1. The Morgan fingerprint density at radius 2 is 2.12 bits per heavy atom. The van der Waals surface area contributed by atoms with Crippen LogP contribution in [0.25, 0.3) is 6.08 Å². The van der Waals surface area contributed by atoms with E-state index in [0.29, 0.717) is 5.56 Å². The first-order valence-electron chi connectivity index (χ1n) is 4.61. The van der Waals surface area contributed by atoms with Crippen LogP contribution < -0.4 is 4.74 Å². The van der Waals surface area contributed by atoms with E-state index in [1.54, 1.807) is 6.07 Å². The molecule has 0 aliphatic heterocycles. The number of alkyl halides is 3. The molecule has 1 aromatic rings. The van der Waals surface area contributed by atoms with E-state index in [0.717, 1.165) is 0 Å². The summed E-state index contributed by atoms with van der Waals surface area (Å²) in [6, 6.07) is 5.27. The van der Waals surface area contributed by atoms with Crippen LogP contribution in [0.1, 0.15) is 12.0 Å². The van der Waals surface area contributed by atoms with Crippen molar-refractivity contribution in [1.82, 2.24) is 0 Å². The molecule has 0 saturated heterocycles. The molecule has 0 fully saturated rings. The Morgan fingerprint density at radius 1 is 1.41 bits per heavy atom. The smallest absolute Gasteiger partial charge is 0.481 e. The molecule has 0 bridgehead atoms. The monoisotopic (exact) mass is 246 g/mol. The summed E-state index contributed by atoms with van der Waals surface area (Å²) in [6.07, 6.45) is -2.17. The van der Waals surface area contributed by atoms with Gasteiger partial charge in [-0.25, -0.2) is 0 Å². The number of aliphatic carboxylic acids is 1. The van der Waals surface area contributed by atoms with E-state index in [1.165, 1.54) is 30.4 Å². The van der Waals surface area contributed by atoms with Crippen LogP contribution in [0.2, 0.25) is 0 Å². The molecule has 0 aromatic heterocycles. The zero-order valence-corrected chi connectivity index (χ0v) is 8.57. The lowest BCUT2D eigenvalue weighted by molar-refractivity contribution is -0.274. The van der Waals surface area contributed by atoms with Crippen molar-refractivity contribution >= 4 is 12.0 Å². The predicted octanol–water partition coefficient (Wildman–Crippen LogP) is 3.07. The standard InChI is InChI=1S/C11H9F3O3/c12-11(13,14)17-9-5-1-3-8(7-9)4-2-6-10(15)16/h1-5,7H,6H2,(H,15,16). The molecule has 1 N–H and O–H groups in total. The van der Waals surface area contributed by atoms with Gasteiger partial charge in [-0.2, -0.15) is 0 Å². The van der Waals surface area contributed by atoms with Gasteiger partial charge in [-0.15, -0.1) is 13.2 Å². The highest BCUT2D eigenvalue weighted by Gasteiger charge is 2.30. The first kappa shape index (κ1) is 13.1. The number of rotatable bonds is 4. The average molecular weight is 246 g/mol. The highest BCUT2D eigenvalue weighted by molar-refractivity contribution is 5.70. The fourth-order valence-electron chi connectivity index (χ4n) is 1.11. The van der Waals surface area contributed by atoms with Crippen molar-refractivity contribution in [2.75, 3.05) is 0 Å². The number of hydrogen-bond donors (Lipinski definition) is 1. The zero-order valence-electron chi connectivity index (χ0n) is 8.57. The summed E-state index contributed by atoms with van der Waals surface area (Å²) in [4.78, 5) is 10.2. The normalized spacial score (nSPS) is 11.7. The van der Waals surface area contributed by atoms with Crippen LogP contribution in [-0.4, -0.2) is 17.4 Å². The zero-order chi connectivity index (χ0) is 12.9. The third kappa shape index (κ3) is 5.60. The molecular formula is C11H9F3O3. The summed E-state index contributed by atoms with van der Waals surface area (Å²) in [5.41, 5.74) is 0.438. The highest BCUT2D eigenvalue weighted by Crippen LogP contribution is 2.23. The van der Waals surface area contributed by atoms with Crippen molar-refractivity contribution in [3.8, 4) is 5.75 Å². The molecule has 0 saturated carbocycles. The van der Waals surface area contributed by atoms with Crippen LogP contribution in [0.4, 0.5) is 13.2 Å². The second kappa shape index (κ2) is 5.38. The number of benzene rings is 1. The van der Waals surface area contributed by atoms with Gasteiger partial charge in [-0.3, -0.25) is 4.79 Å². The number of ether oxygens (including phenoxy) is 1. The Morgan fingerprint density at radius 3 is 2.71 bits per heavy atom. The maximum atomic E-state index is 11.9. The minimum atomic E-state index is -4.73. The van der Waals surface area contributed by atoms with Gasteiger partial charge in [0.1, 0.15) is 5.75 Å². The first-order valence-corrected chi connectivity index (χ1v) is 4.61. The molecule has 92 valence electrons. The molecule has 1 rings (SSSR count). The summed E-state index contributed by atoms with van der Waals surface area (Å²) in [5.74, 6) is -1.35. The van der Waals surface area contributed by atoms with Crippen molar-refractivity contribution in [3.63, 3.8) is 0 Å². The number of hydrogen-bond acceptors (Lipinski definition) is 2. The maximum Gasteiger partial charge on any atom is 0.573 e. The van der Waals surface area contributed by atoms with E-state index in [2.05, 4.69) is 4.74 Å². The van der Waals surface area contributed by atoms with Crippen molar-refractivity contribution in [1.29, 1.82) is 0 Å². The van der Waals surface area contributed by atoms with Crippen LogP contribution in [-0.2, 0) is 4.79 Å². The summed E-state index contributed by atoms with van der Waals surface area (Å²) >= 11 is 0. The molecule has 1 aromatic carbocycles. The maximum absolute atomic E-state index is 11.9. The fourth-order valence-corrected chi connectivity index (χ4v) is 1.11. The Kier molecular flexibility index (Phi) is 4.14. The summed E-state index contributed by atoms with van der Waals surface area (Å²) in [5, 5.41) is 8.37. The second-order valence-corrected chi connectivity index (χ2v) is 3.12. The molecule has 0 atom stereocenters. The summed E-state index contributed by atoms with van der Waals surface area (Å²) in [7, 11) is 0. The molecule has 3 nitrogen and oxygen atoms in total. The lowest BCUT2D eigenvalue weighted by Gasteiger charge is -2.08. The van der Waals surface area contributed by atoms with Gasteiger partial charge >= 0.3 is 12.3 Å². The lowest BCUT2D eigenvalue weighted by atomic mass is 10.2.